The highest BCUT2D eigenvalue weighted by Crippen LogP contribution is 2.45. The fraction of sp³-hybridized carbons (Fsp3) is 0.217. The molecule has 0 N–H and O–H groups in total. The van der Waals surface area contributed by atoms with Gasteiger partial charge in [0.15, 0.2) is 0 Å². The summed E-state index contributed by atoms with van der Waals surface area (Å²) in [6, 6.07) is 17.1. The second kappa shape index (κ2) is 7.71. The molecule has 0 fully saturated rings. The molecular formula is C23H19BrClN3S. The summed E-state index contributed by atoms with van der Waals surface area (Å²) in [5.74, 6) is 0.918. The molecule has 146 valence electrons. The first-order chi connectivity index (χ1) is 14.2. The van der Waals surface area contributed by atoms with E-state index >= 15 is 0 Å². The fourth-order valence-corrected chi connectivity index (χ4v) is 5.73. The van der Waals surface area contributed by atoms with E-state index in [1.807, 2.05) is 0 Å². The van der Waals surface area contributed by atoms with Crippen molar-refractivity contribution in [3.8, 4) is 11.1 Å². The van der Waals surface area contributed by atoms with Crippen LogP contribution in [0.5, 0.6) is 0 Å². The third-order valence-corrected chi connectivity index (χ3v) is 7.32. The minimum absolute atomic E-state index is 0.307. The van der Waals surface area contributed by atoms with Gasteiger partial charge in [-0.3, -0.25) is 0 Å². The van der Waals surface area contributed by atoms with E-state index in [4.69, 9.17) is 16.6 Å². The Morgan fingerprint density at radius 2 is 1.90 bits per heavy atom. The molecular weight excluding hydrogens is 466 g/mol. The summed E-state index contributed by atoms with van der Waals surface area (Å²) in [7, 11) is 0. The Kier molecular flexibility index (Phi) is 5.06. The lowest BCUT2D eigenvalue weighted by atomic mass is 9.99. The first-order valence-electron chi connectivity index (χ1n) is 9.76. The highest BCUT2D eigenvalue weighted by atomic mass is 79.9. The number of benzene rings is 2. The van der Waals surface area contributed by atoms with E-state index in [0.717, 1.165) is 46.3 Å². The molecule has 0 saturated heterocycles. The van der Waals surface area contributed by atoms with Crippen LogP contribution in [-0.2, 0) is 12.8 Å². The summed E-state index contributed by atoms with van der Waals surface area (Å²) in [6.07, 6.45) is 3.14. The molecule has 0 unspecified atom stereocenters. The van der Waals surface area contributed by atoms with Crippen molar-refractivity contribution in [2.24, 2.45) is 0 Å². The van der Waals surface area contributed by atoms with Crippen LogP contribution < -0.4 is 4.90 Å². The normalized spacial score (nSPS) is 13.7. The van der Waals surface area contributed by atoms with E-state index in [9.17, 15) is 0 Å². The quantitative estimate of drug-likeness (QED) is 0.283. The number of anilines is 2. The van der Waals surface area contributed by atoms with Crippen molar-refractivity contribution < 1.29 is 0 Å². The van der Waals surface area contributed by atoms with Gasteiger partial charge in [-0.15, -0.1) is 11.3 Å². The predicted molar refractivity (Wildman–Crippen MR) is 127 cm³/mol. The molecule has 0 radical (unpaired) electrons. The van der Waals surface area contributed by atoms with Crippen LogP contribution in [0.1, 0.15) is 23.8 Å². The zero-order valence-corrected chi connectivity index (χ0v) is 19.1. The van der Waals surface area contributed by atoms with E-state index in [-0.39, 0.29) is 0 Å². The number of fused-ring (bicyclic) bond motifs is 2. The van der Waals surface area contributed by atoms with E-state index in [2.05, 4.69) is 81.3 Å². The minimum Gasteiger partial charge on any atom is -0.325 e. The molecule has 6 heteroatoms. The van der Waals surface area contributed by atoms with Crippen molar-refractivity contribution in [1.82, 2.24) is 9.97 Å². The van der Waals surface area contributed by atoms with Gasteiger partial charge in [0.05, 0.1) is 5.39 Å². The number of nitrogens with zero attached hydrogens (tertiary/aromatic N) is 3. The van der Waals surface area contributed by atoms with Gasteiger partial charge in [0, 0.05) is 27.1 Å². The number of para-hydroxylation sites is 1. The molecule has 5 rings (SSSR count). The molecule has 2 aromatic heterocycles. The molecule has 4 aromatic rings. The van der Waals surface area contributed by atoms with Gasteiger partial charge in [-0.25, -0.2) is 4.98 Å². The number of aromatic nitrogens is 2. The summed E-state index contributed by atoms with van der Waals surface area (Å²) in [5.41, 5.74) is 5.00. The number of hydrogen-bond donors (Lipinski definition) is 0. The van der Waals surface area contributed by atoms with E-state index < -0.39 is 0 Å². The Morgan fingerprint density at radius 1 is 1.10 bits per heavy atom. The molecule has 0 bridgehead atoms. The first-order valence-corrected chi connectivity index (χ1v) is 11.7. The Balaban J connectivity index is 1.81. The minimum atomic E-state index is 0.307. The lowest BCUT2D eigenvalue weighted by Crippen LogP contribution is -2.25. The van der Waals surface area contributed by atoms with Crippen LogP contribution in [0.4, 0.5) is 11.5 Å². The van der Waals surface area contributed by atoms with Crippen LogP contribution in [0, 0.1) is 0 Å². The number of aryl methyl sites for hydroxylation is 2. The van der Waals surface area contributed by atoms with Crippen molar-refractivity contribution in [1.29, 1.82) is 0 Å². The maximum absolute atomic E-state index is 6.39. The molecule has 0 spiro atoms. The highest BCUT2D eigenvalue weighted by molar-refractivity contribution is 9.10. The molecule has 3 nitrogen and oxygen atoms in total. The molecule has 0 saturated carbocycles. The van der Waals surface area contributed by atoms with Gasteiger partial charge < -0.3 is 4.90 Å². The molecule has 1 aliphatic rings. The van der Waals surface area contributed by atoms with Gasteiger partial charge in [0.2, 0.25) is 5.28 Å². The third-order valence-electron chi connectivity index (χ3n) is 5.40. The van der Waals surface area contributed by atoms with Crippen LogP contribution in [0.25, 0.3) is 21.3 Å². The molecule has 0 amide bonds. The van der Waals surface area contributed by atoms with Crippen molar-refractivity contribution in [3.63, 3.8) is 0 Å². The average Bonchev–Trinajstić information content (AvgIpc) is 3.11. The van der Waals surface area contributed by atoms with Crippen LogP contribution in [0.2, 0.25) is 5.28 Å². The molecule has 3 heterocycles. The molecule has 29 heavy (non-hydrogen) atoms. The van der Waals surface area contributed by atoms with Crippen molar-refractivity contribution in [2.45, 2.75) is 26.2 Å². The predicted octanol–water partition coefficient (Wildman–Crippen LogP) is 7.42. The lowest BCUT2D eigenvalue weighted by Gasteiger charge is -2.31. The monoisotopic (exact) mass is 483 g/mol. The maximum Gasteiger partial charge on any atom is 0.225 e. The molecule has 2 aromatic carbocycles. The first kappa shape index (κ1) is 19.0. The average molecular weight is 485 g/mol. The van der Waals surface area contributed by atoms with Crippen LogP contribution in [0.3, 0.4) is 0 Å². The number of thiophene rings is 1. The fourth-order valence-electron chi connectivity index (χ4n) is 4.12. The Labute approximate surface area is 187 Å². The van der Waals surface area contributed by atoms with Crippen LogP contribution >= 0.6 is 38.9 Å². The van der Waals surface area contributed by atoms with Crippen LogP contribution in [-0.4, -0.2) is 16.5 Å². The topological polar surface area (TPSA) is 29.0 Å². The maximum atomic E-state index is 6.39. The SMILES string of the molecule is CCc1sc2nc(Cl)nc(N3CCCc4ccccc43)c2c1-c1ccc(Br)cc1. The molecule has 0 atom stereocenters. The highest BCUT2D eigenvalue weighted by Gasteiger charge is 2.26. The van der Waals surface area contributed by atoms with E-state index in [0.29, 0.717) is 5.28 Å². The standard InChI is InChI=1S/C23H19BrClN3S/c1-2-18-19(15-9-11-16(24)12-10-15)20-21(26-23(25)27-22(20)29-18)28-13-5-7-14-6-3-4-8-17(14)28/h3-4,6,8-12H,2,5,7,13H2,1H3. The summed E-state index contributed by atoms with van der Waals surface area (Å²) >= 11 is 11.7. The largest absolute Gasteiger partial charge is 0.325 e. The van der Waals surface area contributed by atoms with Gasteiger partial charge >= 0.3 is 0 Å². The van der Waals surface area contributed by atoms with Crippen molar-refractivity contribution >= 4 is 60.6 Å². The smallest absolute Gasteiger partial charge is 0.225 e. The summed E-state index contributed by atoms with van der Waals surface area (Å²) < 4.78 is 1.07. The molecule has 1 aliphatic heterocycles. The van der Waals surface area contributed by atoms with E-state index in [1.54, 1.807) is 11.3 Å². The zero-order valence-electron chi connectivity index (χ0n) is 16.0. The third kappa shape index (κ3) is 3.35. The Bertz CT molecular complexity index is 1200. The van der Waals surface area contributed by atoms with Gasteiger partial charge in [-0.1, -0.05) is 53.2 Å². The van der Waals surface area contributed by atoms with Crippen molar-refractivity contribution in [3.05, 3.63) is 68.7 Å². The Hall–Kier alpha value is -1.95. The van der Waals surface area contributed by atoms with Gasteiger partial charge in [0.25, 0.3) is 0 Å². The van der Waals surface area contributed by atoms with Crippen LogP contribution in [0.15, 0.2) is 53.0 Å². The summed E-state index contributed by atoms with van der Waals surface area (Å²) in [5, 5.41) is 1.41. The van der Waals surface area contributed by atoms with Crippen molar-refractivity contribution in [2.75, 3.05) is 11.4 Å². The Morgan fingerprint density at radius 3 is 2.69 bits per heavy atom. The van der Waals surface area contributed by atoms with Gasteiger partial charge in [-0.2, -0.15) is 4.98 Å². The lowest BCUT2D eigenvalue weighted by molar-refractivity contribution is 0.761. The van der Waals surface area contributed by atoms with Gasteiger partial charge in [-0.05, 0) is 60.2 Å². The summed E-state index contributed by atoms with van der Waals surface area (Å²) in [6.45, 7) is 3.12. The summed E-state index contributed by atoms with van der Waals surface area (Å²) in [4.78, 5) is 13.9. The zero-order chi connectivity index (χ0) is 20.0. The number of halogens is 2. The van der Waals surface area contributed by atoms with Gasteiger partial charge in [0.1, 0.15) is 10.6 Å². The second-order valence-corrected chi connectivity index (χ2v) is 9.48. The number of hydrogen-bond acceptors (Lipinski definition) is 4. The number of rotatable bonds is 3. The van der Waals surface area contributed by atoms with E-state index in [1.165, 1.54) is 27.3 Å². The second-order valence-electron chi connectivity index (χ2n) is 7.14. The molecule has 0 aliphatic carbocycles.